The second-order valence-electron chi connectivity index (χ2n) is 3.42. The maximum Gasteiger partial charge on any atom is 0.337 e. The third-order valence-corrected chi connectivity index (χ3v) is 3.89. The van der Waals surface area contributed by atoms with E-state index in [1.165, 1.54) is 6.07 Å². The molecular formula is C11H12ClNO4S. The van der Waals surface area contributed by atoms with E-state index in [1.54, 1.807) is 6.08 Å². The third-order valence-electron chi connectivity index (χ3n) is 2.12. The smallest absolute Gasteiger partial charge is 0.337 e. The zero-order valence-corrected chi connectivity index (χ0v) is 11.0. The van der Waals surface area contributed by atoms with Crippen LogP contribution in [0.3, 0.4) is 0 Å². The second-order valence-corrected chi connectivity index (χ2v) is 5.60. The zero-order chi connectivity index (χ0) is 13.8. The Morgan fingerprint density at radius 2 is 2.17 bits per heavy atom. The predicted octanol–water partition coefficient (Wildman–Crippen LogP) is 1.89. The lowest BCUT2D eigenvalue weighted by molar-refractivity contribution is 0.0697. The number of rotatable bonds is 6. The lowest BCUT2D eigenvalue weighted by Gasteiger charge is -2.07. The van der Waals surface area contributed by atoms with Gasteiger partial charge in [0, 0.05) is 6.54 Å². The van der Waals surface area contributed by atoms with Crippen LogP contribution in [0.4, 0.5) is 0 Å². The molecule has 0 aliphatic carbocycles. The van der Waals surface area contributed by atoms with Crippen LogP contribution in [0.1, 0.15) is 16.8 Å². The fraction of sp³-hybridized carbons (Fsp3) is 0.182. The number of nitrogens with one attached hydrogen (secondary N) is 1. The highest BCUT2D eigenvalue weighted by molar-refractivity contribution is 7.89. The summed E-state index contributed by atoms with van der Waals surface area (Å²) >= 11 is 5.70. The van der Waals surface area contributed by atoms with Crippen molar-refractivity contribution in [2.45, 2.75) is 11.3 Å². The van der Waals surface area contributed by atoms with Gasteiger partial charge in [0.1, 0.15) is 0 Å². The van der Waals surface area contributed by atoms with E-state index < -0.39 is 16.0 Å². The highest BCUT2D eigenvalue weighted by Crippen LogP contribution is 2.20. The monoisotopic (exact) mass is 289 g/mol. The van der Waals surface area contributed by atoms with Crippen LogP contribution in [0.5, 0.6) is 0 Å². The van der Waals surface area contributed by atoms with Crippen LogP contribution >= 0.6 is 11.6 Å². The molecule has 0 aliphatic heterocycles. The van der Waals surface area contributed by atoms with Gasteiger partial charge in [-0.15, -0.1) is 6.58 Å². The molecule has 1 aromatic rings. The molecule has 0 heterocycles. The predicted molar refractivity (Wildman–Crippen MR) is 68.4 cm³/mol. The van der Waals surface area contributed by atoms with Crippen LogP contribution < -0.4 is 4.72 Å². The SMILES string of the molecule is C=CCCNS(=O)(=O)c1ccc(C(=O)O)c(Cl)c1. The first-order valence-electron chi connectivity index (χ1n) is 5.02. The molecule has 1 aromatic carbocycles. The quantitative estimate of drug-likeness (QED) is 0.619. The Labute approximate surface area is 110 Å². The number of hydrogen-bond acceptors (Lipinski definition) is 3. The number of sulfonamides is 1. The van der Waals surface area contributed by atoms with Crippen molar-refractivity contribution in [2.75, 3.05) is 6.54 Å². The summed E-state index contributed by atoms with van der Waals surface area (Å²) in [5.41, 5.74) is -0.137. The molecule has 0 saturated carbocycles. The molecule has 0 fully saturated rings. The first kappa shape index (κ1) is 14.7. The van der Waals surface area contributed by atoms with Crippen LogP contribution in [0, 0.1) is 0 Å². The van der Waals surface area contributed by atoms with Crippen molar-refractivity contribution in [2.24, 2.45) is 0 Å². The summed E-state index contributed by atoms with van der Waals surface area (Å²) in [5.74, 6) is -1.21. The number of aromatic carboxylic acids is 1. The van der Waals surface area contributed by atoms with Gasteiger partial charge in [-0.25, -0.2) is 17.9 Å². The maximum absolute atomic E-state index is 11.8. The molecule has 0 amide bonds. The normalized spacial score (nSPS) is 11.2. The molecule has 0 saturated heterocycles. The minimum absolute atomic E-state index is 0.0680. The summed E-state index contributed by atoms with van der Waals surface area (Å²) in [6.45, 7) is 3.70. The van der Waals surface area contributed by atoms with Crippen molar-refractivity contribution < 1.29 is 18.3 Å². The van der Waals surface area contributed by atoms with Crippen LogP contribution in [-0.4, -0.2) is 26.0 Å². The second kappa shape index (κ2) is 5.99. The van der Waals surface area contributed by atoms with E-state index in [1.807, 2.05) is 0 Å². The zero-order valence-electron chi connectivity index (χ0n) is 9.39. The van der Waals surface area contributed by atoms with Crippen molar-refractivity contribution in [3.8, 4) is 0 Å². The number of carbonyl (C=O) groups is 1. The Kier molecular flexibility index (Phi) is 4.89. The number of carboxylic acid groups (broad SMARTS) is 1. The Morgan fingerprint density at radius 1 is 1.50 bits per heavy atom. The van der Waals surface area contributed by atoms with Crippen molar-refractivity contribution in [1.82, 2.24) is 4.72 Å². The van der Waals surface area contributed by atoms with Gasteiger partial charge < -0.3 is 5.11 Å². The van der Waals surface area contributed by atoms with Gasteiger partial charge in [0.25, 0.3) is 0 Å². The fourth-order valence-electron chi connectivity index (χ4n) is 1.22. The van der Waals surface area contributed by atoms with Gasteiger partial charge in [-0.2, -0.15) is 0 Å². The Balaban J connectivity index is 3.00. The van der Waals surface area contributed by atoms with Gasteiger partial charge in [0.2, 0.25) is 10.0 Å². The molecule has 2 N–H and O–H groups in total. The summed E-state index contributed by atoms with van der Waals surface area (Å²) < 4.78 is 25.9. The number of benzene rings is 1. The van der Waals surface area contributed by atoms with E-state index in [0.29, 0.717) is 6.42 Å². The topological polar surface area (TPSA) is 83.5 Å². The average Bonchev–Trinajstić information content (AvgIpc) is 2.28. The van der Waals surface area contributed by atoms with Gasteiger partial charge in [0.15, 0.2) is 0 Å². The molecule has 98 valence electrons. The molecule has 0 radical (unpaired) electrons. The molecule has 0 atom stereocenters. The van der Waals surface area contributed by atoms with Crippen LogP contribution in [0.15, 0.2) is 35.7 Å². The first-order valence-corrected chi connectivity index (χ1v) is 6.88. The molecule has 7 heteroatoms. The Bertz CT molecular complexity index is 568. The first-order chi connectivity index (χ1) is 8.38. The van der Waals surface area contributed by atoms with Crippen LogP contribution in [0.2, 0.25) is 5.02 Å². The Hall–Kier alpha value is -1.37. The molecule has 5 nitrogen and oxygen atoms in total. The van der Waals surface area contributed by atoms with Gasteiger partial charge in [0.05, 0.1) is 15.5 Å². The average molecular weight is 290 g/mol. The van der Waals surface area contributed by atoms with Crippen molar-refractivity contribution >= 4 is 27.6 Å². The third kappa shape index (κ3) is 3.56. The van der Waals surface area contributed by atoms with Crippen molar-refractivity contribution in [3.63, 3.8) is 0 Å². The molecule has 1 rings (SSSR count). The number of carboxylic acids is 1. The van der Waals surface area contributed by atoms with Gasteiger partial charge in [-0.3, -0.25) is 0 Å². The summed E-state index contributed by atoms with van der Waals surface area (Å²) in [7, 11) is -3.67. The van der Waals surface area contributed by atoms with Gasteiger partial charge in [-0.05, 0) is 24.6 Å². The highest BCUT2D eigenvalue weighted by atomic mass is 35.5. The minimum Gasteiger partial charge on any atom is -0.478 e. The van der Waals surface area contributed by atoms with Crippen molar-refractivity contribution in [3.05, 3.63) is 41.4 Å². The van der Waals surface area contributed by atoms with E-state index in [2.05, 4.69) is 11.3 Å². The van der Waals surface area contributed by atoms with E-state index in [9.17, 15) is 13.2 Å². The molecule has 18 heavy (non-hydrogen) atoms. The lowest BCUT2D eigenvalue weighted by atomic mass is 10.2. The lowest BCUT2D eigenvalue weighted by Crippen LogP contribution is -2.24. The fourth-order valence-corrected chi connectivity index (χ4v) is 2.61. The molecular weight excluding hydrogens is 278 g/mol. The minimum atomic E-state index is -3.67. The Morgan fingerprint density at radius 3 is 2.67 bits per heavy atom. The molecule has 0 spiro atoms. The van der Waals surface area contributed by atoms with E-state index in [0.717, 1.165) is 12.1 Å². The molecule has 0 aliphatic rings. The largest absolute Gasteiger partial charge is 0.478 e. The maximum atomic E-state index is 11.8. The summed E-state index contributed by atoms with van der Waals surface area (Å²) in [4.78, 5) is 10.7. The summed E-state index contributed by atoms with van der Waals surface area (Å²) in [6, 6.07) is 3.47. The molecule has 0 bridgehead atoms. The van der Waals surface area contributed by atoms with E-state index >= 15 is 0 Å². The van der Waals surface area contributed by atoms with E-state index in [-0.39, 0.29) is 22.0 Å². The summed E-state index contributed by atoms with van der Waals surface area (Å²) in [6.07, 6.45) is 2.09. The van der Waals surface area contributed by atoms with Crippen LogP contribution in [0.25, 0.3) is 0 Å². The van der Waals surface area contributed by atoms with Gasteiger partial charge >= 0.3 is 5.97 Å². The van der Waals surface area contributed by atoms with Crippen LogP contribution in [-0.2, 0) is 10.0 Å². The summed E-state index contributed by atoms with van der Waals surface area (Å²) in [5, 5.41) is 8.66. The van der Waals surface area contributed by atoms with Crippen molar-refractivity contribution in [1.29, 1.82) is 0 Å². The standard InChI is InChI=1S/C11H12ClNO4S/c1-2-3-6-13-18(16,17)8-4-5-9(11(14)15)10(12)7-8/h2,4-5,7,13H,1,3,6H2,(H,14,15). The molecule has 0 aromatic heterocycles. The number of halogens is 1. The molecule has 0 unspecified atom stereocenters. The number of hydrogen-bond donors (Lipinski definition) is 2. The highest BCUT2D eigenvalue weighted by Gasteiger charge is 2.16. The van der Waals surface area contributed by atoms with E-state index in [4.69, 9.17) is 16.7 Å². The van der Waals surface area contributed by atoms with Gasteiger partial charge in [-0.1, -0.05) is 17.7 Å².